The molecule has 0 atom stereocenters. The number of hydrogen-bond donors (Lipinski definition) is 1. The first-order valence-electron chi connectivity index (χ1n) is 4.30. The average molecular weight is 156 g/mol. The third-order valence-electron chi connectivity index (χ3n) is 2.51. The molecule has 1 N–H and O–H groups in total. The van der Waals surface area contributed by atoms with Crippen LogP contribution in [0.1, 0.15) is 39.5 Å². The molecule has 0 radical (unpaired) electrons. The number of carbonyl (C=O) groups is 1. The van der Waals surface area contributed by atoms with Crippen molar-refractivity contribution in [3.05, 3.63) is 0 Å². The fourth-order valence-electron chi connectivity index (χ4n) is 1.29. The maximum atomic E-state index is 10.7. The Kier molecular flexibility index (Phi) is 2.21. The first kappa shape index (κ1) is 8.57. The highest BCUT2D eigenvalue weighted by Crippen LogP contribution is 2.50. The highest BCUT2D eigenvalue weighted by molar-refractivity contribution is 5.77. The van der Waals surface area contributed by atoms with Gasteiger partial charge in [0, 0.05) is 0 Å². The van der Waals surface area contributed by atoms with E-state index in [2.05, 4.69) is 13.8 Å². The Morgan fingerprint density at radius 2 is 2.09 bits per heavy atom. The van der Waals surface area contributed by atoms with Crippen LogP contribution < -0.4 is 0 Å². The molecule has 1 saturated carbocycles. The summed E-state index contributed by atoms with van der Waals surface area (Å²) in [6, 6.07) is 0. The van der Waals surface area contributed by atoms with E-state index in [1.807, 2.05) is 0 Å². The Balaban J connectivity index is 2.31. The van der Waals surface area contributed by atoms with Crippen molar-refractivity contribution in [2.75, 3.05) is 0 Å². The summed E-state index contributed by atoms with van der Waals surface area (Å²) in [4.78, 5) is 10.7. The maximum absolute atomic E-state index is 10.7. The number of carboxylic acid groups (broad SMARTS) is 1. The fourth-order valence-corrected chi connectivity index (χ4v) is 1.29. The van der Waals surface area contributed by atoms with Gasteiger partial charge in [-0.25, -0.2) is 0 Å². The van der Waals surface area contributed by atoms with E-state index in [0.717, 1.165) is 25.7 Å². The monoisotopic (exact) mass is 156 g/mol. The number of rotatable bonds is 4. The van der Waals surface area contributed by atoms with Crippen LogP contribution in [0.25, 0.3) is 0 Å². The van der Waals surface area contributed by atoms with Gasteiger partial charge in [0.25, 0.3) is 0 Å². The Morgan fingerprint density at radius 3 is 2.36 bits per heavy atom. The van der Waals surface area contributed by atoms with Gasteiger partial charge >= 0.3 is 5.97 Å². The minimum atomic E-state index is -0.585. The Morgan fingerprint density at radius 1 is 1.55 bits per heavy atom. The number of aliphatic carboxylic acids is 1. The van der Waals surface area contributed by atoms with Gasteiger partial charge in [-0.05, 0) is 31.6 Å². The Labute approximate surface area is 67.6 Å². The summed E-state index contributed by atoms with van der Waals surface area (Å²) in [6.07, 6.45) is 3.72. The molecule has 64 valence electrons. The van der Waals surface area contributed by atoms with Crippen molar-refractivity contribution in [1.29, 1.82) is 0 Å². The van der Waals surface area contributed by atoms with E-state index in [-0.39, 0.29) is 5.41 Å². The lowest BCUT2D eigenvalue weighted by molar-refractivity contribution is -0.143. The maximum Gasteiger partial charge on any atom is 0.309 e. The van der Waals surface area contributed by atoms with Crippen LogP contribution in [0.15, 0.2) is 0 Å². The molecule has 0 aromatic heterocycles. The lowest BCUT2D eigenvalue weighted by Gasteiger charge is -2.10. The lowest BCUT2D eigenvalue weighted by Crippen LogP contribution is -2.15. The Bertz CT molecular complexity index is 157. The van der Waals surface area contributed by atoms with Gasteiger partial charge in [-0.1, -0.05) is 13.8 Å². The molecule has 0 heterocycles. The van der Waals surface area contributed by atoms with Gasteiger partial charge < -0.3 is 5.11 Å². The third kappa shape index (κ3) is 1.95. The first-order valence-corrected chi connectivity index (χ1v) is 4.30. The van der Waals surface area contributed by atoms with Gasteiger partial charge in [0.15, 0.2) is 0 Å². The van der Waals surface area contributed by atoms with Gasteiger partial charge in [0.05, 0.1) is 5.41 Å². The molecular formula is C9H16O2. The van der Waals surface area contributed by atoms with Crippen molar-refractivity contribution >= 4 is 5.97 Å². The SMILES string of the molecule is CC(C)CCC1(C(=O)O)CC1. The van der Waals surface area contributed by atoms with E-state index in [4.69, 9.17) is 5.11 Å². The van der Waals surface area contributed by atoms with Crippen LogP contribution in [-0.2, 0) is 4.79 Å². The zero-order valence-electron chi connectivity index (χ0n) is 7.26. The van der Waals surface area contributed by atoms with E-state index >= 15 is 0 Å². The van der Waals surface area contributed by atoms with Crippen molar-refractivity contribution in [2.45, 2.75) is 39.5 Å². The van der Waals surface area contributed by atoms with Gasteiger partial charge in [-0.15, -0.1) is 0 Å². The summed E-state index contributed by atoms with van der Waals surface area (Å²) in [5.74, 6) is 0.0463. The number of hydrogen-bond acceptors (Lipinski definition) is 1. The highest BCUT2D eigenvalue weighted by Gasteiger charge is 2.49. The van der Waals surface area contributed by atoms with Crippen LogP contribution in [0.5, 0.6) is 0 Å². The molecule has 2 heteroatoms. The van der Waals surface area contributed by atoms with E-state index in [0.29, 0.717) is 5.92 Å². The molecule has 0 saturated heterocycles. The second-order valence-electron chi connectivity index (χ2n) is 4.02. The zero-order chi connectivity index (χ0) is 8.48. The quantitative estimate of drug-likeness (QED) is 0.678. The van der Waals surface area contributed by atoms with Crippen molar-refractivity contribution in [2.24, 2.45) is 11.3 Å². The van der Waals surface area contributed by atoms with Gasteiger partial charge in [0.1, 0.15) is 0 Å². The predicted molar refractivity (Wildman–Crippen MR) is 43.4 cm³/mol. The highest BCUT2D eigenvalue weighted by atomic mass is 16.4. The normalized spacial score (nSPS) is 20.3. The molecule has 0 amide bonds. The van der Waals surface area contributed by atoms with Crippen LogP contribution in [0, 0.1) is 11.3 Å². The summed E-state index contributed by atoms with van der Waals surface area (Å²) >= 11 is 0. The van der Waals surface area contributed by atoms with Crippen molar-refractivity contribution in [1.82, 2.24) is 0 Å². The first-order chi connectivity index (χ1) is 5.07. The van der Waals surface area contributed by atoms with E-state index < -0.39 is 5.97 Å². The molecule has 0 aromatic carbocycles. The summed E-state index contributed by atoms with van der Waals surface area (Å²) in [5, 5.41) is 8.82. The summed E-state index contributed by atoms with van der Waals surface area (Å²) in [6.45, 7) is 4.27. The van der Waals surface area contributed by atoms with Crippen LogP contribution in [0.2, 0.25) is 0 Å². The molecule has 11 heavy (non-hydrogen) atoms. The molecule has 2 nitrogen and oxygen atoms in total. The Hall–Kier alpha value is -0.530. The van der Waals surface area contributed by atoms with Gasteiger partial charge in [0.2, 0.25) is 0 Å². The van der Waals surface area contributed by atoms with E-state index in [1.165, 1.54) is 0 Å². The second kappa shape index (κ2) is 2.84. The van der Waals surface area contributed by atoms with Crippen LogP contribution in [0.4, 0.5) is 0 Å². The standard InChI is InChI=1S/C9H16O2/c1-7(2)3-4-9(5-6-9)8(10)11/h7H,3-6H2,1-2H3,(H,10,11). The van der Waals surface area contributed by atoms with Gasteiger partial charge in [-0.3, -0.25) is 4.79 Å². The molecule has 1 aliphatic carbocycles. The van der Waals surface area contributed by atoms with E-state index in [9.17, 15) is 4.79 Å². The number of carboxylic acids is 1. The lowest BCUT2D eigenvalue weighted by atomic mass is 9.95. The average Bonchev–Trinajstić information content (AvgIpc) is 2.63. The van der Waals surface area contributed by atoms with Crippen LogP contribution >= 0.6 is 0 Å². The topological polar surface area (TPSA) is 37.3 Å². The summed E-state index contributed by atoms with van der Waals surface area (Å²) in [5.41, 5.74) is -0.301. The van der Waals surface area contributed by atoms with Gasteiger partial charge in [-0.2, -0.15) is 0 Å². The summed E-state index contributed by atoms with van der Waals surface area (Å²) < 4.78 is 0. The fraction of sp³-hybridized carbons (Fsp3) is 0.889. The zero-order valence-corrected chi connectivity index (χ0v) is 7.26. The molecule has 0 spiro atoms. The molecule has 0 aromatic rings. The summed E-state index contributed by atoms with van der Waals surface area (Å²) in [7, 11) is 0. The molecule has 1 aliphatic rings. The second-order valence-corrected chi connectivity index (χ2v) is 4.02. The molecule has 0 bridgehead atoms. The predicted octanol–water partition coefficient (Wildman–Crippen LogP) is 2.29. The molecule has 0 unspecified atom stereocenters. The largest absolute Gasteiger partial charge is 0.481 e. The third-order valence-corrected chi connectivity index (χ3v) is 2.51. The molecule has 1 fully saturated rings. The molecule has 0 aliphatic heterocycles. The van der Waals surface area contributed by atoms with Crippen molar-refractivity contribution < 1.29 is 9.90 Å². The minimum absolute atomic E-state index is 0.301. The minimum Gasteiger partial charge on any atom is -0.481 e. The molecule has 1 rings (SSSR count). The van der Waals surface area contributed by atoms with Crippen molar-refractivity contribution in [3.63, 3.8) is 0 Å². The van der Waals surface area contributed by atoms with Crippen molar-refractivity contribution in [3.8, 4) is 0 Å². The molecular weight excluding hydrogens is 140 g/mol. The van der Waals surface area contributed by atoms with E-state index in [1.54, 1.807) is 0 Å². The van der Waals surface area contributed by atoms with Crippen LogP contribution in [-0.4, -0.2) is 11.1 Å². The van der Waals surface area contributed by atoms with Crippen LogP contribution in [0.3, 0.4) is 0 Å². The smallest absolute Gasteiger partial charge is 0.309 e.